The second-order valence-electron chi connectivity index (χ2n) is 4.37. The third kappa shape index (κ3) is 3.73. The van der Waals surface area contributed by atoms with Crippen LogP contribution in [0.1, 0.15) is 18.0 Å². The molecule has 0 heterocycles. The molecule has 0 bridgehead atoms. The lowest BCUT2D eigenvalue weighted by atomic mass is 10.0. The van der Waals surface area contributed by atoms with Gasteiger partial charge in [0.25, 0.3) is 0 Å². The van der Waals surface area contributed by atoms with Crippen LogP contribution in [0.2, 0.25) is 10.0 Å². The highest BCUT2D eigenvalue weighted by Gasteiger charge is 2.14. The molecular weight excluding hydrogens is 295 g/mol. The summed E-state index contributed by atoms with van der Waals surface area (Å²) < 4.78 is 0. The van der Waals surface area contributed by atoms with Gasteiger partial charge in [-0.25, -0.2) is 0 Å². The Morgan fingerprint density at radius 1 is 1.05 bits per heavy atom. The molecule has 104 valence electrons. The Balaban J connectivity index is 2.03. The first-order chi connectivity index (χ1) is 9.58. The monoisotopic (exact) mass is 308 g/mol. The van der Waals surface area contributed by atoms with Gasteiger partial charge in [-0.05, 0) is 17.7 Å². The van der Waals surface area contributed by atoms with Crippen molar-refractivity contribution >= 4 is 34.8 Å². The molecular formula is C15H14Cl2N2O. The number of rotatable bonds is 4. The molecule has 1 amide bonds. The maximum atomic E-state index is 12.0. The Kier molecular flexibility index (Phi) is 5.01. The Morgan fingerprint density at radius 3 is 2.25 bits per heavy atom. The second-order valence-corrected chi connectivity index (χ2v) is 5.18. The van der Waals surface area contributed by atoms with Gasteiger partial charge in [-0.3, -0.25) is 4.79 Å². The van der Waals surface area contributed by atoms with Crippen molar-refractivity contribution in [3.05, 3.63) is 64.1 Å². The minimum absolute atomic E-state index is 0.158. The van der Waals surface area contributed by atoms with Gasteiger partial charge >= 0.3 is 0 Å². The molecule has 0 radical (unpaired) electrons. The molecule has 0 aliphatic carbocycles. The Hall–Kier alpha value is -1.55. The highest BCUT2D eigenvalue weighted by Crippen LogP contribution is 2.30. The molecule has 3 nitrogen and oxygen atoms in total. The number of hydrogen-bond acceptors (Lipinski definition) is 2. The smallest absolute Gasteiger partial charge is 0.226 e. The number of halogens is 2. The molecule has 2 aromatic rings. The summed E-state index contributed by atoms with van der Waals surface area (Å²) in [7, 11) is 0. The molecule has 2 rings (SSSR count). The molecule has 0 aliphatic rings. The highest BCUT2D eigenvalue weighted by molar-refractivity contribution is 6.39. The van der Waals surface area contributed by atoms with E-state index in [9.17, 15) is 4.79 Å². The van der Waals surface area contributed by atoms with Crippen LogP contribution in [0.4, 0.5) is 5.69 Å². The summed E-state index contributed by atoms with van der Waals surface area (Å²) >= 11 is 12.0. The van der Waals surface area contributed by atoms with Crippen molar-refractivity contribution < 1.29 is 4.79 Å². The molecule has 3 N–H and O–H groups in total. The van der Waals surface area contributed by atoms with E-state index in [2.05, 4.69) is 5.32 Å². The zero-order valence-electron chi connectivity index (χ0n) is 10.6. The lowest BCUT2D eigenvalue weighted by Crippen LogP contribution is -2.20. The average molecular weight is 309 g/mol. The van der Waals surface area contributed by atoms with Crippen LogP contribution in [-0.4, -0.2) is 5.91 Å². The lowest BCUT2D eigenvalue weighted by molar-refractivity contribution is -0.116. The van der Waals surface area contributed by atoms with Crippen molar-refractivity contribution in [3.63, 3.8) is 0 Å². The Bertz CT molecular complexity index is 582. The van der Waals surface area contributed by atoms with Crippen LogP contribution in [0.15, 0.2) is 48.5 Å². The molecule has 1 atom stereocenters. The van der Waals surface area contributed by atoms with E-state index < -0.39 is 0 Å². The molecule has 1 unspecified atom stereocenters. The minimum Gasteiger partial charge on any atom is -0.324 e. The number of anilines is 1. The van der Waals surface area contributed by atoms with Crippen molar-refractivity contribution in [2.24, 2.45) is 5.73 Å². The first-order valence-electron chi connectivity index (χ1n) is 6.12. The van der Waals surface area contributed by atoms with Crippen LogP contribution < -0.4 is 11.1 Å². The summed E-state index contributed by atoms with van der Waals surface area (Å²) in [4.78, 5) is 12.0. The van der Waals surface area contributed by atoms with Gasteiger partial charge in [0.1, 0.15) is 0 Å². The molecule has 0 saturated carbocycles. The zero-order valence-corrected chi connectivity index (χ0v) is 12.2. The van der Waals surface area contributed by atoms with Crippen LogP contribution in [0.25, 0.3) is 0 Å². The zero-order chi connectivity index (χ0) is 14.5. The normalized spacial score (nSPS) is 11.9. The largest absolute Gasteiger partial charge is 0.324 e. The molecule has 2 aromatic carbocycles. The fourth-order valence-electron chi connectivity index (χ4n) is 1.83. The SMILES string of the molecule is NC(CC(=O)Nc1c(Cl)cccc1Cl)c1ccccc1. The van der Waals surface area contributed by atoms with E-state index in [0.717, 1.165) is 5.56 Å². The maximum Gasteiger partial charge on any atom is 0.226 e. The second kappa shape index (κ2) is 6.75. The third-order valence-corrected chi connectivity index (χ3v) is 3.49. The molecule has 0 fully saturated rings. The fourth-order valence-corrected chi connectivity index (χ4v) is 2.32. The van der Waals surface area contributed by atoms with Gasteiger partial charge < -0.3 is 11.1 Å². The maximum absolute atomic E-state index is 12.0. The van der Waals surface area contributed by atoms with Crippen LogP contribution in [0.5, 0.6) is 0 Å². The van der Waals surface area contributed by atoms with E-state index in [1.165, 1.54) is 0 Å². The van der Waals surface area contributed by atoms with Crippen LogP contribution in [0.3, 0.4) is 0 Å². The number of para-hydroxylation sites is 1. The number of nitrogens with two attached hydrogens (primary N) is 1. The predicted octanol–water partition coefficient (Wildman–Crippen LogP) is 4.02. The van der Waals surface area contributed by atoms with Crippen molar-refractivity contribution in [2.75, 3.05) is 5.32 Å². The fraction of sp³-hybridized carbons (Fsp3) is 0.133. The quantitative estimate of drug-likeness (QED) is 0.896. The minimum atomic E-state index is -0.363. The van der Waals surface area contributed by atoms with Gasteiger partial charge in [-0.2, -0.15) is 0 Å². The van der Waals surface area contributed by atoms with Crippen molar-refractivity contribution in [2.45, 2.75) is 12.5 Å². The van der Waals surface area contributed by atoms with E-state index in [-0.39, 0.29) is 18.4 Å². The number of benzene rings is 2. The van der Waals surface area contributed by atoms with Crippen LogP contribution in [0, 0.1) is 0 Å². The molecule has 20 heavy (non-hydrogen) atoms. The number of hydrogen-bond donors (Lipinski definition) is 2. The standard InChI is InChI=1S/C15H14Cl2N2O/c16-11-7-4-8-12(17)15(11)19-14(20)9-13(18)10-5-2-1-3-6-10/h1-8,13H,9,18H2,(H,19,20). The van der Waals surface area contributed by atoms with Crippen LogP contribution in [-0.2, 0) is 4.79 Å². The molecule has 0 spiro atoms. The third-order valence-electron chi connectivity index (χ3n) is 2.86. The van der Waals surface area contributed by atoms with Crippen molar-refractivity contribution in [1.29, 1.82) is 0 Å². The molecule has 0 aromatic heterocycles. The van der Waals surface area contributed by atoms with E-state index in [1.54, 1.807) is 18.2 Å². The number of nitrogens with one attached hydrogen (secondary N) is 1. The highest BCUT2D eigenvalue weighted by atomic mass is 35.5. The lowest BCUT2D eigenvalue weighted by Gasteiger charge is -2.13. The van der Waals surface area contributed by atoms with Gasteiger partial charge in [0.2, 0.25) is 5.91 Å². The van der Waals surface area contributed by atoms with Crippen molar-refractivity contribution in [1.82, 2.24) is 0 Å². The predicted molar refractivity (Wildman–Crippen MR) is 83.1 cm³/mol. The number of amides is 1. The average Bonchev–Trinajstić information content (AvgIpc) is 2.44. The summed E-state index contributed by atoms with van der Waals surface area (Å²) in [5, 5.41) is 3.50. The van der Waals surface area contributed by atoms with Gasteiger partial charge in [-0.1, -0.05) is 59.6 Å². The van der Waals surface area contributed by atoms with E-state index in [4.69, 9.17) is 28.9 Å². The first-order valence-corrected chi connectivity index (χ1v) is 6.88. The van der Waals surface area contributed by atoms with Gasteiger partial charge in [0.15, 0.2) is 0 Å². The first kappa shape index (κ1) is 14.9. The van der Waals surface area contributed by atoms with Crippen molar-refractivity contribution in [3.8, 4) is 0 Å². The number of carbonyl (C=O) groups is 1. The van der Waals surface area contributed by atoms with E-state index in [0.29, 0.717) is 15.7 Å². The van der Waals surface area contributed by atoms with Gasteiger partial charge in [-0.15, -0.1) is 0 Å². The summed E-state index contributed by atoms with van der Waals surface area (Å²) in [6, 6.07) is 14.1. The summed E-state index contributed by atoms with van der Waals surface area (Å²) in [6.07, 6.45) is 0.158. The van der Waals surface area contributed by atoms with Gasteiger partial charge in [0.05, 0.1) is 15.7 Å². The van der Waals surface area contributed by atoms with Gasteiger partial charge in [0, 0.05) is 12.5 Å². The summed E-state index contributed by atoms with van der Waals surface area (Å²) in [6.45, 7) is 0. The summed E-state index contributed by atoms with van der Waals surface area (Å²) in [5.74, 6) is -0.226. The topological polar surface area (TPSA) is 55.1 Å². The van der Waals surface area contributed by atoms with Crippen LogP contribution >= 0.6 is 23.2 Å². The Morgan fingerprint density at radius 2 is 1.65 bits per heavy atom. The molecule has 0 saturated heterocycles. The van der Waals surface area contributed by atoms with E-state index >= 15 is 0 Å². The molecule has 5 heteroatoms. The number of carbonyl (C=O) groups excluding carboxylic acids is 1. The molecule has 0 aliphatic heterocycles. The Labute approximate surface area is 127 Å². The van der Waals surface area contributed by atoms with E-state index in [1.807, 2.05) is 30.3 Å². The summed E-state index contributed by atoms with van der Waals surface area (Å²) in [5.41, 5.74) is 7.33.